The quantitative estimate of drug-likeness (QED) is 0.762. The maximum absolute atomic E-state index is 6.73. The van der Waals surface area contributed by atoms with Crippen LogP contribution in [0.25, 0.3) is 0 Å². The van der Waals surface area contributed by atoms with Gasteiger partial charge in [-0.15, -0.1) is 0 Å². The molecule has 2 heterocycles. The van der Waals surface area contributed by atoms with Crippen molar-refractivity contribution in [3.63, 3.8) is 0 Å². The summed E-state index contributed by atoms with van der Waals surface area (Å²) in [5.74, 6) is 0.556. The van der Waals surface area contributed by atoms with E-state index in [1.165, 1.54) is 0 Å². The van der Waals surface area contributed by atoms with E-state index >= 15 is 0 Å². The van der Waals surface area contributed by atoms with Gasteiger partial charge in [-0.05, 0) is 6.42 Å². The summed E-state index contributed by atoms with van der Waals surface area (Å²) >= 11 is 0. The lowest BCUT2D eigenvalue weighted by Gasteiger charge is -2.63. The SMILES string of the molecule is CC1(C)C2OCCC2C1(N)CN1CCOCC1. The van der Waals surface area contributed by atoms with Gasteiger partial charge >= 0.3 is 0 Å². The van der Waals surface area contributed by atoms with Crippen LogP contribution in [0.2, 0.25) is 0 Å². The summed E-state index contributed by atoms with van der Waals surface area (Å²) in [4.78, 5) is 2.46. The maximum atomic E-state index is 6.73. The standard InChI is InChI=1S/C13H24N2O2/c1-12(2)11-10(3-6-17-11)13(12,14)9-15-4-7-16-8-5-15/h10-11H,3-9,14H2,1-2H3. The largest absolute Gasteiger partial charge is 0.379 e. The van der Waals surface area contributed by atoms with Gasteiger partial charge < -0.3 is 15.2 Å². The van der Waals surface area contributed by atoms with Gasteiger partial charge in [0.25, 0.3) is 0 Å². The summed E-state index contributed by atoms with van der Waals surface area (Å²) < 4.78 is 11.2. The Morgan fingerprint density at radius 3 is 2.65 bits per heavy atom. The third-order valence-corrected chi connectivity index (χ3v) is 5.25. The van der Waals surface area contributed by atoms with Crippen molar-refractivity contribution >= 4 is 0 Å². The zero-order valence-corrected chi connectivity index (χ0v) is 10.9. The van der Waals surface area contributed by atoms with Gasteiger partial charge in [0.1, 0.15) is 0 Å². The number of rotatable bonds is 2. The molecule has 0 aromatic rings. The number of hydrogen-bond donors (Lipinski definition) is 1. The predicted octanol–water partition coefficient (Wildman–Crippen LogP) is 0.461. The van der Waals surface area contributed by atoms with Crippen molar-refractivity contribution in [3.8, 4) is 0 Å². The molecular weight excluding hydrogens is 216 g/mol. The van der Waals surface area contributed by atoms with Gasteiger partial charge in [-0.3, -0.25) is 4.90 Å². The molecule has 17 heavy (non-hydrogen) atoms. The minimum atomic E-state index is -0.0779. The van der Waals surface area contributed by atoms with Crippen LogP contribution in [-0.2, 0) is 9.47 Å². The fourth-order valence-electron chi connectivity index (χ4n) is 3.93. The highest BCUT2D eigenvalue weighted by Gasteiger charge is 2.67. The van der Waals surface area contributed by atoms with E-state index in [4.69, 9.17) is 15.2 Å². The Morgan fingerprint density at radius 2 is 1.94 bits per heavy atom. The van der Waals surface area contributed by atoms with Crippen molar-refractivity contribution in [2.45, 2.75) is 31.9 Å². The number of fused-ring (bicyclic) bond motifs is 1. The molecule has 4 nitrogen and oxygen atoms in total. The zero-order valence-electron chi connectivity index (χ0n) is 10.9. The third kappa shape index (κ3) is 1.58. The van der Waals surface area contributed by atoms with Gasteiger partial charge in [0.05, 0.1) is 19.3 Å². The fourth-order valence-corrected chi connectivity index (χ4v) is 3.93. The maximum Gasteiger partial charge on any atom is 0.0691 e. The van der Waals surface area contributed by atoms with Crippen LogP contribution in [0, 0.1) is 11.3 Å². The number of nitrogens with two attached hydrogens (primary N) is 1. The highest BCUT2D eigenvalue weighted by molar-refractivity contribution is 5.21. The molecule has 3 fully saturated rings. The van der Waals surface area contributed by atoms with Crippen molar-refractivity contribution in [2.24, 2.45) is 17.1 Å². The summed E-state index contributed by atoms with van der Waals surface area (Å²) in [6.07, 6.45) is 1.52. The van der Waals surface area contributed by atoms with Crippen LogP contribution >= 0.6 is 0 Å². The lowest BCUT2D eigenvalue weighted by atomic mass is 9.48. The van der Waals surface area contributed by atoms with Gasteiger partial charge in [0, 0.05) is 43.1 Å². The Balaban J connectivity index is 1.71. The van der Waals surface area contributed by atoms with Crippen LogP contribution in [-0.4, -0.2) is 56.0 Å². The van der Waals surface area contributed by atoms with Crippen LogP contribution < -0.4 is 5.73 Å². The lowest BCUT2D eigenvalue weighted by molar-refractivity contribution is -0.166. The number of hydrogen-bond acceptors (Lipinski definition) is 4. The molecular formula is C13H24N2O2. The number of nitrogens with zero attached hydrogens (tertiary/aromatic N) is 1. The first-order valence-electron chi connectivity index (χ1n) is 6.76. The third-order valence-electron chi connectivity index (χ3n) is 5.25. The molecule has 0 bridgehead atoms. The molecule has 3 atom stereocenters. The van der Waals surface area contributed by atoms with E-state index in [-0.39, 0.29) is 11.0 Å². The average molecular weight is 240 g/mol. The smallest absolute Gasteiger partial charge is 0.0691 e. The van der Waals surface area contributed by atoms with Gasteiger partial charge in [-0.25, -0.2) is 0 Å². The van der Waals surface area contributed by atoms with Crippen molar-refractivity contribution in [3.05, 3.63) is 0 Å². The van der Waals surface area contributed by atoms with E-state index in [1.807, 2.05) is 0 Å². The molecule has 3 rings (SSSR count). The Bertz CT molecular complexity index is 302. The van der Waals surface area contributed by atoms with E-state index in [1.54, 1.807) is 0 Å². The second-order valence-electron chi connectivity index (χ2n) is 6.34. The molecule has 0 radical (unpaired) electrons. The van der Waals surface area contributed by atoms with Crippen LogP contribution in [0.5, 0.6) is 0 Å². The molecule has 0 amide bonds. The molecule has 98 valence electrons. The normalized spacial score (nSPS) is 45.4. The molecule has 0 aromatic heterocycles. The number of morpholine rings is 1. The van der Waals surface area contributed by atoms with Gasteiger partial charge in [-0.2, -0.15) is 0 Å². The lowest BCUT2D eigenvalue weighted by Crippen LogP contribution is -2.78. The average Bonchev–Trinajstić information content (AvgIpc) is 2.78. The van der Waals surface area contributed by atoms with E-state index in [9.17, 15) is 0 Å². The van der Waals surface area contributed by atoms with Gasteiger partial charge in [-0.1, -0.05) is 13.8 Å². The molecule has 4 heteroatoms. The summed E-state index contributed by atoms with van der Waals surface area (Å²) in [7, 11) is 0. The molecule has 0 spiro atoms. The van der Waals surface area contributed by atoms with Crippen LogP contribution in [0.4, 0.5) is 0 Å². The fraction of sp³-hybridized carbons (Fsp3) is 1.00. The Hall–Kier alpha value is -0.160. The van der Waals surface area contributed by atoms with Crippen molar-refractivity contribution < 1.29 is 9.47 Å². The van der Waals surface area contributed by atoms with E-state index in [0.717, 1.165) is 45.9 Å². The van der Waals surface area contributed by atoms with E-state index in [2.05, 4.69) is 18.7 Å². The van der Waals surface area contributed by atoms with Gasteiger partial charge in [0.15, 0.2) is 0 Å². The monoisotopic (exact) mass is 240 g/mol. The second kappa shape index (κ2) is 3.92. The Morgan fingerprint density at radius 1 is 1.24 bits per heavy atom. The summed E-state index contributed by atoms with van der Waals surface area (Å²) in [5, 5.41) is 0. The van der Waals surface area contributed by atoms with Gasteiger partial charge in [0.2, 0.25) is 0 Å². The first-order valence-corrected chi connectivity index (χ1v) is 6.76. The highest BCUT2D eigenvalue weighted by atomic mass is 16.5. The minimum absolute atomic E-state index is 0.0779. The summed E-state index contributed by atoms with van der Waals surface area (Å²) in [5.41, 5.74) is 6.76. The van der Waals surface area contributed by atoms with Crippen LogP contribution in [0.3, 0.4) is 0 Å². The predicted molar refractivity (Wildman–Crippen MR) is 65.8 cm³/mol. The van der Waals surface area contributed by atoms with E-state index < -0.39 is 0 Å². The molecule has 2 N–H and O–H groups in total. The minimum Gasteiger partial charge on any atom is -0.379 e. The first-order chi connectivity index (χ1) is 8.06. The molecule has 1 saturated carbocycles. The number of ether oxygens (including phenoxy) is 2. The molecule has 3 unspecified atom stereocenters. The topological polar surface area (TPSA) is 47.7 Å². The van der Waals surface area contributed by atoms with Crippen molar-refractivity contribution in [1.82, 2.24) is 4.90 Å². The molecule has 0 aromatic carbocycles. The molecule has 2 saturated heterocycles. The molecule has 2 aliphatic heterocycles. The first kappa shape index (κ1) is 11.9. The summed E-state index contributed by atoms with van der Waals surface area (Å²) in [6, 6.07) is 0. The highest BCUT2D eigenvalue weighted by Crippen LogP contribution is 2.58. The van der Waals surface area contributed by atoms with Crippen molar-refractivity contribution in [2.75, 3.05) is 39.5 Å². The molecule has 3 aliphatic rings. The molecule has 1 aliphatic carbocycles. The van der Waals surface area contributed by atoms with Crippen molar-refractivity contribution in [1.29, 1.82) is 0 Å². The van der Waals surface area contributed by atoms with Crippen LogP contribution in [0.15, 0.2) is 0 Å². The Labute approximate surface area is 103 Å². The second-order valence-corrected chi connectivity index (χ2v) is 6.34. The Kier molecular flexibility index (Phi) is 2.74. The van der Waals surface area contributed by atoms with Crippen LogP contribution in [0.1, 0.15) is 20.3 Å². The van der Waals surface area contributed by atoms with E-state index in [0.29, 0.717) is 12.0 Å². The zero-order chi connectivity index (χ0) is 12.1. The summed E-state index contributed by atoms with van der Waals surface area (Å²) in [6.45, 7) is 10.2.